The Morgan fingerprint density at radius 3 is 2.89 bits per heavy atom. The number of piperidine rings is 1. The summed E-state index contributed by atoms with van der Waals surface area (Å²) < 4.78 is 0. The summed E-state index contributed by atoms with van der Waals surface area (Å²) in [6.45, 7) is 2.33. The molecule has 19 heavy (non-hydrogen) atoms. The van der Waals surface area contributed by atoms with E-state index in [2.05, 4.69) is 60.5 Å². The van der Waals surface area contributed by atoms with Gasteiger partial charge in [0.15, 0.2) is 0 Å². The molecular weight excluding hydrogens is 234 g/mol. The molecule has 3 heteroatoms. The largest absolute Gasteiger partial charge is 0.385 e. The smallest absolute Gasteiger partial charge is 0.0381 e. The fourth-order valence-electron chi connectivity index (χ4n) is 2.79. The molecule has 1 aromatic rings. The van der Waals surface area contributed by atoms with Crippen LogP contribution in [0, 0.1) is 0 Å². The molecule has 0 amide bonds. The van der Waals surface area contributed by atoms with Gasteiger partial charge in [0.25, 0.3) is 0 Å². The lowest BCUT2D eigenvalue weighted by Gasteiger charge is -2.32. The van der Waals surface area contributed by atoms with Gasteiger partial charge in [-0.3, -0.25) is 0 Å². The van der Waals surface area contributed by atoms with Gasteiger partial charge in [-0.2, -0.15) is 0 Å². The number of anilines is 2. The molecule has 0 spiro atoms. The highest BCUT2D eigenvalue weighted by Crippen LogP contribution is 2.20. The van der Waals surface area contributed by atoms with Gasteiger partial charge >= 0.3 is 0 Å². The molecule has 106 valence electrons. The van der Waals surface area contributed by atoms with Crippen LogP contribution in [-0.2, 0) is 0 Å². The summed E-state index contributed by atoms with van der Waals surface area (Å²) in [5.41, 5.74) is 2.48. The molecule has 0 bridgehead atoms. The normalized spacial score (nSPS) is 20.3. The number of nitrogens with one attached hydrogen (secondary N) is 1. The zero-order valence-electron chi connectivity index (χ0n) is 12.5. The Hall–Kier alpha value is -1.22. The third-order valence-electron chi connectivity index (χ3n) is 4.09. The van der Waals surface area contributed by atoms with Gasteiger partial charge in [-0.1, -0.05) is 12.5 Å². The summed E-state index contributed by atoms with van der Waals surface area (Å²) in [5, 5.41) is 3.55. The minimum Gasteiger partial charge on any atom is -0.385 e. The summed E-state index contributed by atoms with van der Waals surface area (Å²) in [6.07, 6.45) is 5.36. The number of likely N-dealkylation sites (tertiary alicyclic amines) is 1. The molecule has 3 nitrogen and oxygen atoms in total. The molecular formula is C16H27N3. The number of rotatable bonds is 5. The molecule has 0 saturated carbocycles. The molecule has 0 radical (unpaired) electrons. The molecule has 2 rings (SSSR count). The highest BCUT2D eigenvalue weighted by molar-refractivity contribution is 5.57. The van der Waals surface area contributed by atoms with Gasteiger partial charge < -0.3 is 15.1 Å². The van der Waals surface area contributed by atoms with E-state index >= 15 is 0 Å². The van der Waals surface area contributed by atoms with Crippen molar-refractivity contribution in [3.05, 3.63) is 24.3 Å². The molecule has 1 aromatic carbocycles. The molecule has 0 aliphatic carbocycles. The van der Waals surface area contributed by atoms with Crippen LogP contribution in [0.2, 0.25) is 0 Å². The zero-order chi connectivity index (χ0) is 13.7. The van der Waals surface area contributed by atoms with Gasteiger partial charge in [0, 0.05) is 38.1 Å². The van der Waals surface area contributed by atoms with Crippen molar-refractivity contribution in [1.82, 2.24) is 4.90 Å². The van der Waals surface area contributed by atoms with E-state index in [1.807, 2.05) is 0 Å². The molecule has 1 atom stereocenters. The summed E-state index contributed by atoms with van der Waals surface area (Å²) in [7, 11) is 6.42. The maximum Gasteiger partial charge on any atom is 0.0381 e. The van der Waals surface area contributed by atoms with Gasteiger partial charge in [-0.15, -0.1) is 0 Å². The van der Waals surface area contributed by atoms with Crippen LogP contribution in [-0.4, -0.2) is 45.2 Å². The highest BCUT2D eigenvalue weighted by Gasteiger charge is 2.17. The number of nitrogens with zero attached hydrogens (tertiary/aromatic N) is 2. The topological polar surface area (TPSA) is 18.5 Å². The first-order valence-corrected chi connectivity index (χ1v) is 7.38. The third kappa shape index (κ3) is 4.13. The molecule has 1 unspecified atom stereocenters. The zero-order valence-corrected chi connectivity index (χ0v) is 12.5. The summed E-state index contributed by atoms with van der Waals surface area (Å²) in [6, 6.07) is 9.38. The first-order valence-electron chi connectivity index (χ1n) is 7.38. The summed E-state index contributed by atoms with van der Waals surface area (Å²) in [5.74, 6) is 0. The van der Waals surface area contributed by atoms with E-state index < -0.39 is 0 Å². The lowest BCUT2D eigenvalue weighted by Crippen LogP contribution is -2.37. The lowest BCUT2D eigenvalue weighted by atomic mass is 10.0. The first-order chi connectivity index (χ1) is 9.16. The summed E-state index contributed by atoms with van der Waals surface area (Å²) >= 11 is 0. The van der Waals surface area contributed by atoms with E-state index in [1.54, 1.807) is 0 Å². The van der Waals surface area contributed by atoms with E-state index in [9.17, 15) is 0 Å². The first kappa shape index (κ1) is 14.2. The minimum atomic E-state index is 0.762. The van der Waals surface area contributed by atoms with Crippen LogP contribution in [0.25, 0.3) is 0 Å². The quantitative estimate of drug-likeness (QED) is 0.879. The average molecular weight is 261 g/mol. The van der Waals surface area contributed by atoms with Crippen molar-refractivity contribution in [3.8, 4) is 0 Å². The van der Waals surface area contributed by atoms with Crippen LogP contribution in [0.1, 0.15) is 25.7 Å². The van der Waals surface area contributed by atoms with E-state index in [0.29, 0.717) is 0 Å². The van der Waals surface area contributed by atoms with E-state index in [1.165, 1.54) is 43.6 Å². The van der Waals surface area contributed by atoms with Crippen LogP contribution in [0.5, 0.6) is 0 Å². The highest BCUT2D eigenvalue weighted by atomic mass is 15.1. The Bertz CT molecular complexity index is 389. The van der Waals surface area contributed by atoms with E-state index in [0.717, 1.165) is 12.6 Å². The lowest BCUT2D eigenvalue weighted by molar-refractivity contribution is 0.179. The van der Waals surface area contributed by atoms with Crippen LogP contribution in [0.4, 0.5) is 11.4 Å². The second-order valence-electron chi connectivity index (χ2n) is 5.79. The average Bonchev–Trinajstić information content (AvgIpc) is 2.41. The monoisotopic (exact) mass is 261 g/mol. The van der Waals surface area contributed by atoms with Crippen molar-refractivity contribution >= 4 is 11.4 Å². The van der Waals surface area contributed by atoms with Gasteiger partial charge in [-0.05, 0) is 51.1 Å². The molecule has 1 saturated heterocycles. The Balaban J connectivity index is 1.80. The summed E-state index contributed by atoms with van der Waals surface area (Å²) in [4.78, 5) is 4.65. The standard InChI is InChI=1S/C16H27N3/c1-18(2)16-9-6-7-14(13-16)17-11-10-15-8-4-5-12-19(15)3/h6-7,9,13,15,17H,4-5,8,10-12H2,1-3H3. The second-order valence-corrected chi connectivity index (χ2v) is 5.79. The molecule has 0 aromatic heterocycles. The van der Waals surface area contributed by atoms with Crippen LogP contribution >= 0.6 is 0 Å². The van der Waals surface area contributed by atoms with Crippen molar-refractivity contribution in [2.24, 2.45) is 0 Å². The second kappa shape index (κ2) is 6.80. The minimum absolute atomic E-state index is 0.762. The van der Waals surface area contributed by atoms with E-state index in [4.69, 9.17) is 0 Å². The van der Waals surface area contributed by atoms with Crippen LogP contribution < -0.4 is 10.2 Å². The molecule has 1 aliphatic heterocycles. The predicted octanol–water partition coefficient (Wildman–Crippen LogP) is 3.04. The predicted molar refractivity (Wildman–Crippen MR) is 84.1 cm³/mol. The van der Waals surface area contributed by atoms with Crippen molar-refractivity contribution in [3.63, 3.8) is 0 Å². The Morgan fingerprint density at radius 2 is 2.16 bits per heavy atom. The third-order valence-corrected chi connectivity index (χ3v) is 4.09. The fourth-order valence-corrected chi connectivity index (χ4v) is 2.79. The van der Waals surface area contributed by atoms with Gasteiger partial charge in [0.2, 0.25) is 0 Å². The van der Waals surface area contributed by atoms with Gasteiger partial charge in [0.1, 0.15) is 0 Å². The van der Waals surface area contributed by atoms with Gasteiger partial charge in [-0.25, -0.2) is 0 Å². The van der Waals surface area contributed by atoms with E-state index in [-0.39, 0.29) is 0 Å². The molecule has 1 N–H and O–H groups in total. The Morgan fingerprint density at radius 1 is 1.32 bits per heavy atom. The SMILES string of the molecule is CN(C)c1cccc(NCCC2CCCCN2C)c1. The number of hydrogen-bond donors (Lipinski definition) is 1. The molecule has 1 aliphatic rings. The Kier molecular flexibility index (Phi) is 5.08. The maximum atomic E-state index is 3.55. The van der Waals surface area contributed by atoms with Crippen molar-refractivity contribution in [2.75, 3.05) is 44.4 Å². The molecule has 1 fully saturated rings. The van der Waals surface area contributed by atoms with Crippen molar-refractivity contribution < 1.29 is 0 Å². The number of benzene rings is 1. The van der Waals surface area contributed by atoms with Crippen molar-refractivity contribution in [1.29, 1.82) is 0 Å². The van der Waals surface area contributed by atoms with Crippen LogP contribution in [0.15, 0.2) is 24.3 Å². The van der Waals surface area contributed by atoms with Gasteiger partial charge in [0.05, 0.1) is 0 Å². The maximum absolute atomic E-state index is 3.55. The van der Waals surface area contributed by atoms with Crippen LogP contribution in [0.3, 0.4) is 0 Å². The van der Waals surface area contributed by atoms with Crippen molar-refractivity contribution in [2.45, 2.75) is 31.7 Å². The number of hydrogen-bond acceptors (Lipinski definition) is 3. The molecule has 1 heterocycles. The fraction of sp³-hybridized carbons (Fsp3) is 0.625. The Labute approximate surface area is 117 Å².